The molecule has 2 unspecified atom stereocenters. The van der Waals surface area contributed by atoms with Gasteiger partial charge in [-0.1, -0.05) is 175 Å². The highest BCUT2D eigenvalue weighted by Gasteiger charge is 2.40. The molecular formula is C34H48ClP. The molecule has 0 aromatic heterocycles. The van der Waals surface area contributed by atoms with E-state index in [0.717, 1.165) is 6.42 Å². The summed E-state index contributed by atoms with van der Waals surface area (Å²) in [6.07, 6.45) is 17.5. The average molecular weight is 523 g/mol. The van der Waals surface area contributed by atoms with Crippen LogP contribution in [-0.4, -0.2) is 0 Å². The van der Waals surface area contributed by atoms with Crippen molar-refractivity contribution in [3.8, 4) is 0 Å². The van der Waals surface area contributed by atoms with Crippen LogP contribution >= 0.6 is 21.5 Å². The quantitative estimate of drug-likeness (QED) is 0.0938. The lowest BCUT2D eigenvalue weighted by atomic mass is 9.74. The molecule has 0 heterocycles. The van der Waals surface area contributed by atoms with Gasteiger partial charge < -0.3 is 0 Å². The van der Waals surface area contributed by atoms with Gasteiger partial charge in [0.15, 0.2) is 0 Å². The van der Waals surface area contributed by atoms with Gasteiger partial charge in [-0.3, -0.25) is 0 Å². The molecule has 0 aliphatic carbocycles. The Labute approximate surface area is 229 Å². The molecule has 2 heteroatoms. The maximum absolute atomic E-state index is 7.73. The zero-order valence-corrected chi connectivity index (χ0v) is 24.7. The van der Waals surface area contributed by atoms with Crippen molar-refractivity contribution < 1.29 is 0 Å². The second-order valence-electron chi connectivity index (χ2n) is 10.1. The lowest BCUT2D eigenvalue weighted by Crippen LogP contribution is -2.29. The fraction of sp³-hybridized carbons (Fsp3) is 0.471. The molecule has 0 fully saturated rings. The smallest absolute Gasteiger partial charge is 0.101 e. The minimum absolute atomic E-state index is 0. The van der Waals surface area contributed by atoms with E-state index in [1.54, 1.807) is 0 Å². The van der Waals surface area contributed by atoms with Gasteiger partial charge in [-0.2, -0.15) is 9.90 Å². The molecule has 0 spiro atoms. The summed E-state index contributed by atoms with van der Waals surface area (Å²) in [5, 5.41) is 0. The Bertz CT molecular complexity index is 870. The van der Waals surface area contributed by atoms with Crippen molar-refractivity contribution in [1.29, 1.82) is 0 Å². The fourth-order valence-corrected chi connectivity index (χ4v) is 5.89. The number of benzene rings is 3. The maximum Gasteiger partial charge on any atom is 0.101 e. The lowest BCUT2D eigenvalue weighted by molar-refractivity contribution is 0.471. The minimum Gasteiger partial charge on any atom is -0.153 e. The zero-order chi connectivity index (χ0) is 24.6. The topological polar surface area (TPSA) is 0 Å². The van der Waals surface area contributed by atoms with Crippen LogP contribution < -0.4 is 0 Å². The highest BCUT2D eigenvalue weighted by atomic mass is 35.5. The molecule has 0 aliphatic heterocycles. The summed E-state index contributed by atoms with van der Waals surface area (Å²) in [6, 6.07) is 32.3. The summed E-state index contributed by atoms with van der Waals surface area (Å²) < 4.78 is 0. The van der Waals surface area contributed by atoms with Crippen LogP contribution in [0.2, 0.25) is 0 Å². The molecule has 196 valence electrons. The van der Waals surface area contributed by atoms with Crippen molar-refractivity contribution in [2.45, 2.75) is 101 Å². The Kier molecular flexibility index (Phi) is 15.1. The highest BCUT2D eigenvalue weighted by Crippen LogP contribution is 2.50. The molecule has 3 aromatic carbocycles. The van der Waals surface area contributed by atoms with Crippen LogP contribution in [0.15, 0.2) is 91.0 Å². The molecule has 2 atom stereocenters. The van der Waals surface area contributed by atoms with E-state index in [1.807, 2.05) is 0 Å². The van der Waals surface area contributed by atoms with Crippen LogP contribution in [0, 0.1) is 0 Å². The van der Waals surface area contributed by atoms with Gasteiger partial charge in [0.2, 0.25) is 0 Å². The van der Waals surface area contributed by atoms with E-state index in [0.29, 0.717) is 0 Å². The molecular weight excluding hydrogens is 475 g/mol. The van der Waals surface area contributed by atoms with Gasteiger partial charge >= 0.3 is 0 Å². The Balaban J connectivity index is 0.00000456. The van der Waals surface area contributed by atoms with Crippen LogP contribution in [0.5, 0.6) is 0 Å². The number of halogens is 1. The molecule has 0 aliphatic rings. The van der Waals surface area contributed by atoms with Crippen molar-refractivity contribution in [2.24, 2.45) is 0 Å². The van der Waals surface area contributed by atoms with E-state index >= 15 is 0 Å². The van der Waals surface area contributed by atoms with Gasteiger partial charge in [0, 0.05) is 5.92 Å². The Morgan fingerprint density at radius 3 is 1.31 bits per heavy atom. The fourth-order valence-electron chi connectivity index (χ4n) is 5.40. The van der Waals surface area contributed by atoms with Crippen LogP contribution in [0.1, 0.15) is 113 Å². The zero-order valence-electron chi connectivity index (χ0n) is 22.5. The first-order valence-electron chi connectivity index (χ1n) is 14.1. The van der Waals surface area contributed by atoms with Gasteiger partial charge in [0.05, 0.1) is 0 Å². The average Bonchev–Trinajstić information content (AvgIpc) is 2.92. The summed E-state index contributed by atoms with van der Waals surface area (Å²) in [5.41, 5.74) is 3.69. The first-order chi connectivity index (χ1) is 17.3. The predicted molar refractivity (Wildman–Crippen MR) is 165 cm³/mol. The maximum atomic E-state index is 7.73. The first-order valence-corrected chi connectivity index (χ1v) is 14.5. The largest absolute Gasteiger partial charge is 0.153 e. The number of alkyl halides is 1. The summed E-state index contributed by atoms with van der Waals surface area (Å²) in [7, 11) is 0. The van der Waals surface area contributed by atoms with Crippen molar-refractivity contribution in [3.05, 3.63) is 108 Å². The van der Waals surface area contributed by atoms with Crippen LogP contribution in [0.25, 0.3) is 0 Å². The van der Waals surface area contributed by atoms with Crippen molar-refractivity contribution in [2.75, 3.05) is 0 Å². The van der Waals surface area contributed by atoms with Crippen LogP contribution in [-0.2, 0) is 4.87 Å². The van der Waals surface area contributed by atoms with E-state index in [2.05, 4.69) is 97.9 Å². The normalized spacial score (nSPS) is 12.2. The summed E-state index contributed by atoms with van der Waals surface area (Å²) in [6.45, 7) is 2.29. The number of unbranched alkanes of at least 4 members (excludes halogenated alkanes) is 11. The molecule has 0 bridgehead atoms. The van der Waals surface area contributed by atoms with Crippen molar-refractivity contribution in [3.63, 3.8) is 0 Å². The van der Waals surface area contributed by atoms with Crippen LogP contribution in [0.3, 0.4) is 0 Å². The summed E-state index contributed by atoms with van der Waals surface area (Å²) >= 11 is 7.73. The number of hydrogen-bond donors (Lipinski definition) is 0. The second kappa shape index (κ2) is 17.8. The third-order valence-corrected chi connectivity index (χ3v) is 8.12. The lowest BCUT2D eigenvalue weighted by Gasteiger charge is -2.37. The predicted octanol–water partition coefficient (Wildman–Crippen LogP) is 11.1. The van der Waals surface area contributed by atoms with E-state index < -0.39 is 4.87 Å². The summed E-state index contributed by atoms with van der Waals surface area (Å²) in [5.74, 6) is 0.221. The van der Waals surface area contributed by atoms with Gasteiger partial charge in [0.25, 0.3) is 0 Å². The third kappa shape index (κ3) is 9.36. The second-order valence-corrected chi connectivity index (χ2v) is 10.7. The number of hydrogen-bond acceptors (Lipinski definition) is 0. The van der Waals surface area contributed by atoms with E-state index in [9.17, 15) is 0 Å². The molecule has 0 saturated carbocycles. The molecule has 0 nitrogen and oxygen atoms in total. The highest BCUT2D eigenvalue weighted by molar-refractivity contribution is 6.92. The van der Waals surface area contributed by atoms with Gasteiger partial charge in [-0.25, -0.2) is 0 Å². The minimum atomic E-state index is -0.582. The Morgan fingerprint density at radius 1 is 0.528 bits per heavy atom. The van der Waals surface area contributed by atoms with Gasteiger partial charge in [-0.15, -0.1) is 11.6 Å². The molecule has 3 aromatic rings. The SMILES string of the molecule is CCCCCCCCCCCCCCC(c1ccccc1)C(Cl)(c1ccccc1)c1ccccc1.P. The molecule has 0 saturated heterocycles. The van der Waals surface area contributed by atoms with E-state index in [1.165, 1.54) is 93.7 Å². The van der Waals surface area contributed by atoms with Gasteiger partial charge in [0.1, 0.15) is 4.87 Å². The van der Waals surface area contributed by atoms with E-state index in [4.69, 9.17) is 11.6 Å². The van der Waals surface area contributed by atoms with E-state index in [-0.39, 0.29) is 15.8 Å². The standard InChI is InChI=1S/C34H45Cl.H3P/c1-2-3-4-5-6-7-8-9-10-11-12-22-29-33(30-23-16-13-17-24-30)34(35,31-25-18-14-19-26-31)32-27-20-15-21-28-32;/h13-21,23-28,33H,2-12,22,29H2,1H3;1H3. The van der Waals surface area contributed by atoms with Crippen molar-refractivity contribution in [1.82, 2.24) is 0 Å². The Hall–Kier alpha value is -1.62. The van der Waals surface area contributed by atoms with Crippen LogP contribution in [0.4, 0.5) is 0 Å². The third-order valence-electron chi connectivity index (χ3n) is 7.42. The molecule has 3 rings (SSSR count). The first kappa shape index (κ1) is 30.6. The number of rotatable bonds is 17. The molecule has 36 heavy (non-hydrogen) atoms. The molecule has 0 amide bonds. The molecule has 0 radical (unpaired) electrons. The van der Waals surface area contributed by atoms with Crippen molar-refractivity contribution >= 4 is 21.5 Å². The van der Waals surface area contributed by atoms with Gasteiger partial charge in [-0.05, 0) is 23.1 Å². The summed E-state index contributed by atoms with van der Waals surface area (Å²) in [4.78, 5) is -0.582. The Morgan fingerprint density at radius 2 is 0.889 bits per heavy atom. The molecule has 0 N–H and O–H groups in total. The monoisotopic (exact) mass is 522 g/mol.